The van der Waals surface area contributed by atoms with Gasteiger partial charge in [-0.2, -0.15) is 0 Å². The molecule has 0 aromatic rings. The van der Waals surface area contributed by atoms with Crippen molar-refractivity contribution in [1.29, 1.82) is 0 Å². The van der Waals surface area contributed by atoms with Crippen molar-refractivity contribution in [2.75, 3.05) is 0 Å². The summed E-state index contributed by atoms with van der Waals surface area (Å²) in [6.45, 7) is 5.18. The maximum absolute atomic E-state index is 12.9. The summed E-state index contributed by atoms with van der Waals surface area (Å²) in [5.74, 6) is -2.36. The first-order valence-corrected chi connectivity index (χ1v) is 7.69. The summed E-state index contributed by atoms with van der Waals surface area (Å²) in [7, 11) is 0. The molecule has 3 unspecified atom stereocenters. The SMILES string of the molecule is CC(=O)N[C@@H]1C(N)C=C(C(=O)O)O[C@H]1C(=O)N1C(C)CCC1C. The van der Waals surface area contributed by atoms with Crippen LogP contribution in [0.15, 0.2) is 11.8 Å². The summed E-state index contributed by atoms with van der Waals surface area (Å²) in [5, 5.41) is 11.7. The van der Waals surface area contributed by atoms with Gasteiger partial charge in [0.05, 0.1) is 12.1 Å². The van der Waals surface area contributed by atoms with Gasteiger partial charge in [-0.25, -0.2) is 4.79 Å². The van der Waals surface area contributed by atoms with Crippen LogP contribution in [0.1, 0.15) is 33.6 Å². The van der Waals surface area contributed by atoms with Crippen LogP contribution in [0.4, 0.5) is 0 Å². The zero-order valence-electron chi connectivity index (χ0n) is 13.5. The standard InChI is InChI=1S/C15H23N3O5/c1-7-4-5-8(2)18(7)14(20)13-12(17-9(3)19)10(16)6-11(23-13)15(21)22/h6-8,10,12-13H,4-5,16H2,1-3H3,(H,17,19)(H,21,22)/t7?,8?,10?,12-,13-/m1/s1. The van der Waals surface area contributed by atoms with E-state index in [4.69, 9.17) is 15.6 Å². The molecule has 0 spiro atoms. The van der Waals surface area contributed by atoms with E-state index in [1.807, 2.05) is 13.8 Å². The van der Waals surface area contributed by atoms with Crippen LogP contribution < -0.4 is 11.1 Å². The molecule has 5 atom stereocenters. The van der Waals surface area contributed by atoms with E-state index in [1.54, 1.807) is 4.90 Å². The highest BCUT2D eigenvalue weighted by Crippen LogP contribution is 2.28. The molecule has 2 aliphatic rings. The third-order valence-corrected chi connectivity index (χ3v) is 4.37. The molecule has 0 bridgehead atoms. The lowest BCUT2D eigenvalue weighted by Crippen LogP contribution is -2.62. The van der Waals surface area contributed by atoms with Gasteiger partial charge in [-0.15, -0.1) is 0 Å². The van der Waals surface area contributed by atoms with Crippen LogP contribution in [0.25, 0.3) is 0 Å². The van der Waals surface area contributed by atoms with E-state index in [0.29, 0.717) is 0 Å². The average molecular weight is 325 g/mol. The molecule has 0 aromatic carbocycles. The second-order valence-corrected chi connectivity index (χ2v) is 6.20. The Balaban J connectivity index is 2.31. The summed E-state index contributed by atoms with van der Waals surface area (Å²) in [5.41, 5.74) is 5.95. The number of nitrogens with one attached hydrogen (secondary N) is 1. The lowest BCUT2D eigenvalue weighted by atomic mass is 9.97. The van der Waals surface area contributed by atoms with Gasteiger partial charge < -0.3 is 25.8 Å². The Labute approximate surface area is 134 Å². The zero-order chi connectivity index (χ0) is 17.3. The van der Waals surface area contributed by atoms with Gasteiger partial charge in [0.1, 0.15) is 0 Å². The maximum atomic E-state index is 12.9. The van der Waals surface area contributed by atoms with Crippen molar-refractivity contribution < 1.29 is 24.2 Å². The Bertz CT molecular complexity index is 537. The highest BCUT2D eigenvalue weighted by molar-refractivity contribution is 5.89. The topological polar surface area (TPSA) is 122 Å². The summed E-state index contributed by atoms with van der Waals surface area (Å²) in [6.07, 6.45) is 1.81. The van der Waals surface area contributed by atoms with E-state index in [9.17, 15) is 14.4 Å². The quantitative estimate of drug-likeness (QED) is 0.648. The van der Waals surface area contributed by atoms with E-state index in [2.05, 4.69) is 5.32 Å². The average Bonchev–Trinajstić information content (AvgIpc) is 2.78. The van der Waals surface area contributed by atoms with Crippen molar-refractivity contribution >= 4 is 17.8 Å². The number of likely N-dealkylation sites (tertiary alicyclic amines) is 1. The normalized spacial score (nSPS) is 33.7. The number of hydrogen-bond donors (Lipinski definition) is 3. The number of carboxylic acids is 1. The molecule has 2 rings (SSSR count). The highest BCUT2D eigenvalue weighted by Gasteiger charge is 2.45. The van der Waals surface area contributed by atoms with E-state index < -0.39 is 24.2 Å². The number of carbonyl (C=O) groups is 3. The number of hydrogen-bond acceptors (Lipinski definition) is 5. The molecule has 4 N–H and O–H groups in total. The molecule has 8 nitrogen and oxygen atoms in total. The number of carboxylic acid groups (broad SMARTS) is 1. The molecule has 2 aliphatic heterocycles. The summed E-state index contributed by atoms with van der Waals surface area (Å²) >= 11 is 0. The minimum atomic E-state index is -1.29. The molecular weight excluding hydrogens is 302 g/mol. The number of amides is 2. The molecule has 1 saturated heterocycles. The number of rotatable bonds is 3. The molecule has 8 heteroatoms. The Morgan fingerprint density at radius 2 is 1.87 bits per heavy atom. The first-order chi connectivity index (χ1) is 10.7. The van der Waals surface area contributed by atoms with Gasteiger partial charge in [-0.3, -0.25) is 9.59 Å². The maximum Gasteiger partial charge on any atom is 0.370 e. The zero-order valence-corrected chi connectivity index (χ0v) is 13.5. The van der Waals surface area contributed by atoms with Gasteiger partial charge in [0, 0.05) is 19.0 Å². The number of nitrogens with zero attached hydrogens (tertiary/aromatic N) is 1. The summed E-state index contributed by atoms with van der Waals surface area (Å²) in [4.78, 5) is 37.2. The second kappa shape index (κ2) is 6.57. The first kappa shape index (κ1) is 17.3. The fraction of sp³-hybridized carbons (Fsp3) is 0.667. The van der Waals surface area contributed by atoms with Gasteiger partial charge in [-0.05, 0) is 32.8 Å². The predicted octanol–water partition coefficient (Wildman–Crippen LogP) is -0.415. The van der Waals surface area contributed by atoms with Crippen LogP contribution >= 0.6 is 0 Å². The molecule has 0 saturated carbocycles. The number of nitrogens with two attached hydrogens (primary N) is 1. The fourth-order valence-electron chi connectivity index (χ4n) is 3.24. The molecule has 128 valence electrons. The third kappa shape index (κ3) is 3.47. The lowest BCUT2D eigenvalue weighted by Gasteiger charge is -2.38. The summed E-state index contributed by atoms with van der Waals surface area (Å²) in [6, 6.07) is -1.55. The Kier molecular flexibility index (Phi) is 4.93. The van der Waals surface area contributed by atoms with E-state index in [0.717, 1.165) is 12.8 Å². The van der Waals surface area contributed by atoms with E-state index >= 15 is 0 Å². The van der Waals surface area contributed by atoms with Crippen molar-refractivity contribution in [2.45, 2.75) is 63.9 Å². The van der Waals surface area contributed by atoms with Crippen molar-refractivity contribution in [1.82, 2.24) is 10.2 Å². The van der Waals surface area contributed by atoms with Crippen LogP contribution in [0, 0.1) is 0 Å². The smallest absolute Gasteiger partial charge is 0.370 e. The van der Waals surface area contributed by atoms with E-state index in [1.165, 1.54) is 13.0 Å². The molecule has 23 heavy (non-hydrogen) atoms. The minimum Gasteiger partial charge on any atom is -0.475 e. The van der Waals surface area contributed by atoms with Crippen LogP contribution in [0.3, 0.4) is 0 Å². The Morgan fingerprint density at radius 3 is 2.35 bits per heavy atom. The predicted molar refractivity (Wildman–Crippen MR) is 81.2 cm³/mol. The van der Waals surface area contributed by atoms with Crippen molar-refractivity contribution in [3.63, 3.8) is 0 Å². The minimum absolute atomic E-state index is 0.0366. The van der Waals surface area contributed by atoms with Gasteiger partial charge in [0.2, 0.25) is 11.7 Å². The first-order valence-electron chi connectivity index (χ1n) is 7.69. The molecule has 0 radical (unpaired) electrons. The lowest BCUT2D eigenvalue weighted by molar-refractivity contribution is -0.151. The molecule has 0 aromatic heterocycles. The molecule has 2 amide bonds. The van der Waals surface area contributed by atoms with Crippen molar-refractivity contribution in [2.24, 2.45) is 5.73 Å². The third-order valence-electron chi connectivity index (χ3n) is 4.37. The van der Waals surface area contributed by atoms with Crippen LogP contribution in [-0.2, 0) is 19.1 Å². The van der Waals surface area contributed by atoms with Gasteiger partial charge in [-0.1, -0.05) is 0 Å². The van der Waals surface area contributed by atoms with Crippen molar-refractivity contribution in [3.8, 4) is 0 Å². The molecule has 2 heterocycles. The van der Waals surface area contributed by atoms with Gasteiger partial charge >= 0.3 is 5.97 Å². The molecule has 1 fully saturated rings. The highest BCUT2D eigenvalue weighted by atomic mass is 16.5. The Hall–Kier alpha value is -2.09. The fourth-order valence-corrected chi connectivity index (χ4v) is 3.24. The van der Waals surface area contributed by atoms with Crippen molar-refractivity contribution in [3.05, 3.63) is 11.8 Å². The molecular formula is C15H23N3O5. The summed E-state index contributed by atoms with van der Waals surface area (Å²) < 4.78 is 5.38. The molecule has 0 aliphatic carbocycles. The van der Waals surface area contributed by atoms with Gasteiger partial charge in [0.25, 0.3) is 5.91 Å². The van der Waals surface area contributed by atoms with E-state index in [-0.39, 0.29) is 29.7 Å². The number of ether oxygens (including phenoxy) is 1. The van der Waals surface area contributed by atoms with Crippen LogP contribution in [-0.4, -0.2) is 58.1 Å². The Morgan fingerprint density at radius 1 is 1.30 bits per heavy atom. The van der Waals surface area contributed by atoms with Gasteiger partial charge in [0.15, 0.2) is 6.10 Å². The van der Waals surface area contributed by atoms with Crippen LogP contribution in [0.2, 0.25) is 0 Å². The monoisotopic (exact) mass is 325 g/mol. The second-order valence-electron chi connectivity index (χ2n) is 6.20. The number of aliphatic carboxylic acids is 1. The van der Waals surface area contributed by atoms with Crippen LogP contribution in [0.5, 0.6) is 0 Å². The largest absolute Gasteiger partial charge is 0.475 e. The number of carbonyl (C=O) groups excluding carboxylic acids is 2.